The summed E-state index contributed by atoms with van der Waals surface area (Å²) in [6.07, 6.45) is -0.392. The second kappa shape index (κ2) is 7.16. The van der Waals surface area contributed by atoms with Gasteiger partial charge in [-0.1, -0.05) is 20.8 Å². The van der Waals surface area contributed by atoms with Crippen LogP contribution in [0.1, 0.15) is 39.0 Å². The highest BCUT2D eigenvalue weighted by molar-refractivity contribution is 7.90. The Morgan fingerprint density at radius 1 is 1.37 bits per heavy atom. The minimum absolute atomic E-state index is 0.00280. The molecule has 1 saturated heterocycles. The topological polar surface area (TPSA) is 143 Å². The molecule has 10 nitrogen and oxygen atoms in total. The fourth-order valence-electron chi connectivity index (χ4n) is 3.30. The number of aryl methyl sites for hydroxylation is 1. The molecular weight excluding hydrogens is 430 g/mol. The van der Waals surface area contributed by atoms with Gasteiger partial charge in [-0.3, -0.25) is 18.5 Å². The highest BCUT2D eigenvalue weighted by Gasteiger charge is 2.58. The van der Waals surface area contributed by atoms with Gasteiger partial charge < -0.3 is 14.9 Å². The molecule has 3 atom stereocenters. The molecule has 1 aromatic rings. The SMILES string of the molecule is Cc1cn([C@H]2C[C@]3(OS(=O)(=O)C=C3N)[C@@H](CO[Si](C)(C)C(C)(C)C)O2)c(=O)[nH]c1=O. The van der Waals surface area contributed by atoms with Crippen LogP contribution < -0.4 is 17.0 Å². The molecule has 0 radical (unpaired) electrons. The molecule has 1 fully saturated rings. The third kappa shape index (κ3) is 3.94. The molecule has 0 amide bonds. The molecule has 3 heterocycles. The monoisotopic (exact) mass is 459 g/mol. The van der Waals surface area contributed by atoms with Gasteiger partial charge in [0.1, 0.15) is 12.3 Å². The minimum atomic E-state index is -3.99. The van der Waals surface area contributed by atoms with Gasteiger partial charge in [0, 0.05) is 18.2 Å². The molecule has 0 aliphatic carbocycles. The van der Waals surface area contributed by atoms with E-state index in [0.29, 0.717) is 5.56 Å². The molecule has 0 aromatic carbocycles. The van der Waals surface area contributed by atoms with Crippen LogP contribution in [0.5, 0.6) is 0 Å². The Balaban J connectivity index is 1.98. The number of aromatic nitrogens is 2. The van der Waals surface area contributed by atoms with Gasteiger partial charge in [-0.05, 0) is 25.1 Å². The number of aromatic amines is 1. The van der Waals surface area contributed by atoms with Crippen LogP contribution in [0.4, 0.5) is 0 Å². The molecule has 3 rings (SSSR count). The normalized spacial score (nSPS) is 28.8. The molecule has 1 aromatic heterocycles. The van der Waals surface area contributed by atoms with Crippen LogP contribution in [0, 0.1) is 6.92 Å². The third-order valence-electron chi connectivity index (χ3n) is 6.20. The standard InChI is InChI=1S/C18H29N3O7SSi/c1-11-8-21(16(23)20-15(11)22)14-7-18(12(19)10-29(24,25)28-18)13(27-14)9-26-30(5,6)17(2,3)4/h8,10,13-14H,7,9,19H2,1-6H3,(H,20,22,23)/t13-,14-,18-/m1/s1. The van der Waals surface area contributed by atoms with Gasteiger partial charge in [0.15, 0.2) is 13.9 Å². The highest BCUT2D eigenvalue weighted by Crippen LogP contribution is 2.47. The lowest BCUT2D eigenvalue weighted by atomic mass is 9.92. The average molecular weight is 460 g/mol. The van der Waals surface area contributed by atoms with Crippen LogP contribution >= 0.6 is 0 Å². The van der Waals surface area contributed by atoms with Gasteiger partial charge in [0.25, 0.3) is 15.7 Å². The summed E-state index contributed by atoms with van der Waals surface area (Å²) in [5.74, 6) is 0. The Hall–Kier alpha value is -1.73. The van der Waals surface area contributed by atoms with Gasteiger partial charge >= 0.3 is 5.69 Å². The maximum absolute atomic E-state index is 12.3. The van der Waals surface area contributed by atoms with Crippen molar-refractivity contribution in [3.8, 4) is 0 Å². The Labute approximate surface area is 176 Å². The van der Waals surface area contributed by atoms with Gasteiger partial charge in [-0.15, -0.1) is 0 Å². The summed E-state index contributed by atoms with van der Waals surface area (Å²) in [6, 6.07) is 0. The fraction of sp³-hybridized carbons (Fsp3) is 0.667. The maximum Gasteiger partial charge on any atom is 0.330 e. The first-order valence-corrected chi connectivity index (χ1v) is 14.0. The number of ether oxygens (including phenoxy) is 1. The van der Waals surface area contributed by atoms with Crippen LogP contribution in [-0.4, -0.2) is 44.6 Å². The molecule has 2 aliphatic heterocycles. The largest absolute Gasteiger partial charge is 0.414 e. The van der Waals surface area contributed by atoms with E-state index >= 15 is 0 Å². The quantitative estimate of drug-likeness (QED) is 0.502. The van der Waals surface area contributed by atoms with Crippen molar-refractivity contribution in [3.05, 3.63) is 43.7 Å². The van der Waals surface area contributed by atoms with Crippen molar-refractivity contribution in [3.63, 3.8) is 0 Å². The fourth-order valence-corrected chi connectivity index (χ4v) is 5.55. The number of nitrogens with two attached hydrogens (primary N) is 1. The summed E-state index contributed by atoms with van der Waals surface area (Å²) in [5.41, 5.74) is 3.76. The van der Waals surface area contributed by atoms with Crippen molar-refractivity contribution in [2.75, 3.05) is 6.61 Å². The number of hydrogen-bond acceptors (Lipinski definition) is 8. The second-order valence-corrected chi connectivity index (χ2v) is 15.6. The maximum atomic E-state index is 12.3. The molecule has 3 N–H and O–H groups in total. The second-order valence-electron chi connectivity index (χ2n) is 9.37. The summed E-state index contributed by atoms with van der Waals surface area (Å²) in [4.78, 5) is 26.3. The number of rotatable bonds is 4. The van der Waals surface area contributed by atoms with Gasteiger partial charge in [-0.25, -0.2) is 4.79 Å². The molecule has 1 spiro atoms. The number of nitrogens with one attached hydrogen (secondary N) is 1. The minimum Gasteiger partial charge on any atom is -0.414 e. The van der Waals surface area contributed by atoms with Crippen LogP contribution in [0.3, 0.4) is 0 Å². The van der Waals surface area contributed by atoms with E-state index in [1.807, 2.05) is 0 Å². The number of hydrogen-bond donors (Lipinski definition) is 2. The molecule has 0 bridgehead atoms. The Bertz CT molecular complexity index is 1100. The highest BCUT2D eigenvalue weighted by atomic mass is 32.2. The predicted octanol–water partition coefficient (Wildman–Crippen LogP) is 1.05. The first-order valence-electron chi connectivity index (χ1n) is 9.63. The summed E-state index contributed by atoms with van der Waals surface area (Å²) in [6.45, 7) is 12.0. The number of nitrogens with zero attached hydrogens (tertiary/aromatic N) is 1. The lowest BCUT2D eigenvalue weighted by molar-refractivity contribution is -0.0553. The molecule has 0 unspecified atom stereocenters. The summed E-state index contributed by atoms with van der Waals surface area (Å²) in [5, 5.41) is 0.800. The smallest absolute Gasteiger partial charge is 0.330 e. The van der Waals surface area contributed by atoms with E-state index in [4.69, 9.17) is 19.1 Å². The zero-order valence-corrected chi connectivity index (χ0v) is 19.8. The average Bonchev–Trinajstić information content (AvgIpc) is 3.04. The zero-order chi connectivity index (χ0) is 22.7. The van der Waals surface area contributed by atoms with Crippen LogP contribution in [0.15, 0.2) is 26.9 Å². The predicted molar refractivity (Wildman–Crippen MR) is 113 cm³/mol. The Morgan fingerprint density at radius 3 is 2.53 bits per heavy atom. The Morgan fingerprint density at radius 2 is 2.00 bits per heavy atom. The van der Waals surface area contributed by atoms with Gasteiger partial charge in [-0.2, -0.15) is 8.42 Å². The lowest BCUT2D eigenvalue weighted by Gasteiger charge is -2.38. The molecular formula is C18H29N3O7SSi. The van der Waals surface area contributed by atoms with Crippen molar-refractivity contribution >= 4 is 18.4 Å². The molecule has 2 aliphatic rings. The zero-order valence-electron chi connectivity index (χ0n) is 18.0. The van der Waals surface area contributed by atoms with Crippen molar-refractivity contribution < 1.29 is 21.8 Å². The van der Waals surface area contributed by atoms with E-state index in [0.717, 1.165) is 5.41 Å². The summed E-state index contributed by atoms with van der Waals surface area (Å²) < 4.78 is 43.2. The van der Waals surface area contributed by atoms with Crippen molar-refractivity contribution in [1.29, 1.82) is 0 Å². The van der Waals surface area contributed by atoms with Gasteiger partial charge in [0.05, 0.1) is 17.7 Å². The van der Waals surface area contributed by atoms with E-state index < -0.39 is 47.6 Å². The summed E-state index contributed by atoms with van der Waals surface area (Å²) >= 11 is 0. The summed E-state index contributed by atoms with van der Waals surface area (Å²) in [7, 11) is -6.18. The van der Waals surface area contributed by atoms with E-state index in [9.17, 15) is 18.0 Å². The molecule has 168 valence electrons. The van der Waals surface area contributed by atoms with Crippen molar-refractivity contribution in [2.45, 2.75) is 70.2 Å². The Kier molecular flexibility index (Phi) is 5.47. The first kappa shape index (κ1) is 22.9. The molecule has 0 saturated carbocycles. The third-order valence-corrected chi connectivity index (χ3v) is 11.8. The van der Waals surface area contributed by atoms with E-state index in [-0.39, 0.29) is 23.8 Å². The van der Waals surface area contributed by atoms with Crippen molar-refractivity contribution in [1.82, 2.24) is 9.55 Å². The van der Waals surface area contributed by atoms with E-state index in [1.165, 1.54) is 10.8 Å². The van der Waals surface area contributed by atoms with Crippen molar-refractivity contribution in [2.24, 2.45) is 5.73 Å². The first-order chi connectivity index (χ1) is 13.6. The molecule has 12 heteroatoms. The number of H-pyrrole nitrogens is 1. The molecule has 30 heavy (non-hydrogen) atoms. The van der Waals surface area contributed by atoms with E-state index in [1.54, 1.807) is 6.92 Å². The lowest BCUT2D eigenvalue weighted by Crippen LogP contribution is -2.49. The van der Waals surface area contributed by atoms with Crippen LogP contribution in [-0.2, 0) is 23.5 Å². The van der Waals surface area contributed by atoms with Crippen LogP contribution in [0.25, 0.3) is 0 Å². The van der Waals surface area contributed by atoms with Crippen LogP contribution in [0.2, 0.25) is 18.1 Å². The van der Waals surface area contributed by atoms with Gasteiger partial charge in [0.2, 0.25) is 0 Å². The van der Waals surface area contributed by atoms with E-state index in [2.05, 4.69) is 38.8 Å².